The van der Waals surface area contributed by atoms with Gasteiger partial charge in [-0.3, -0.25) is 14.6 Å². The first-order valence-corrected chi connectivity index (χ1v) is 9.24. The van der Waals surface area contributed by atoms with E-state index in [1.54, 1.807) is 6.20 Å². The summed E-state index contributed by atoms with van der Waals surface area (Å²) in [4.78, 5) is 35.9. The van der Waals surface area contributed by atoms with E-state index in [9.17, 15) is 35.9 Å². The zero-order valence-electron chi connectivity index (χ0n) is 15.6. The standard InChI is InChI=1S/C17H11F3N2O2S.C2HF3O2/c18-17(19,20)15(23)13-5-6-14(25-13)16(24)22-9-10-7-11-3-1-2-4-12(11)21-8-10;3-2(4,5)1(6)7/h1-8H,9H2,(H,22,24);(H,6,7). The molecule has 0 radical (unpaired) electrons. The van der Waals surface area contributed by atoms with E-state index in [-0.39, 0.29) is 11.4 Å². The first-order valence-electron chi connectivity index (χ1n) is 8.42. The molecule has 0 saturated carbocycles. The highest BCUT2D eigenvalue weighted by molar-refractivity contribution is 7.16. The molecule has 170 valence electrons. The second-order valence-corrected chi connectivity index (χ2v) is 7.10. The molecule has 0 unspecified atom stereocenters. The molecular weight excluding hydrogens is 466 g/mol. The number of carbonyl (C=O) groups is 3. The van der Waals surface area contributed by atoms with Crippen molar-refractivity contribution in [2.24, 2.45) is 0 Å². The van der Waals surface area contributed by atoms with E-state index < -0.39 is 34.9 Å². The summed E-state index contributed by atoms with van der Waals surface area (Å²) in [6.45, 7) is 0.178. The van der Waals surface area contributed by atoms with Gasteiger partial charge in [0, 0.05) is 18.1 Å². The second-order valence-electron chi connectivity index (χ2n) is 6.01. The number of Topliss-reactive ketones (excluding diaryl/α,β-unsaturated/α-hetero) is 1. The van der Waals surface area contributed by atoms with Crippen LogP contribution in [-0.2, 0) is 11.3 Å². The second kappa shape index (κ2) is 9.77. The lowest BCUT2D eigenvalue weighted by atomic mass is 10.1. The summed E-state index contributed by atoms with van der Waals surface area (Å²) in [5.41, 5.74) is 1.58. The summed E-state index contributed by atoms with van der Waals surface area (Å²) in [7, 11) is 0. The number of carbonyl (C=O) groups excluding carboxylic acids is 2. The van der Waals surface area contributed by atoms with Gasteiger partial charge in [-0.25, -0.2) is 4.79 Å². The molecule has 2 aromatic heterocycles. The smallest absolute Gasteiger partial charge is 0.475 e. The maximum atomic E-state index is 12.4. The number of aromatic nitrogens is 1. The van der Waals surface area contributed by atoms with Crippen LogP contribution in [0.25, 0.3) is 10.9 Å². The van der Waals surface area contributed by atoms with Gasteiger partial charge in [0.25, 0.3) is 11.7 Å². The fourth-order valence-electron chi connectivity index (χ4n) is 2.20. The number of carboxylic acid groups (broad SMARTS) is 1. The Hall–Kier alpha value is -3.48. The SMILES string of the molecule is O=C(NCc1cnc2ccccc2c1)c1ccc(C(=O)C(F)(F)F)s1.O=C(O)C(F)(F)F. The molecule has 0 saturated heterocycles. The van der Waals surface area contributed by atoms with E-state index in [2.05, 4.69) is 10.3 Å². The van der Waals surface area contributed by atoms with Crippen LogP contribution in [0, 0.1) is 0 Å². The number of alkyl halides is 6. The maximum absolute atomic E-state index is 12.4. The Morgan fingerprint density at radius 2 is 1.53 bits per heavy atom. The molecule has 3 aromatic rings. The molecule has 13 heteroatoms. The Balaban J connectivity index is 0.000000451. The van der Waals surface area contributed by atoms with Gasteiger partial charge in [0.05, 0.1) is 15.3 Å². The van der Waals surface area contributed by atoms with Crippen LogP contribution in [0.3, 0.4) is 0 Å². The van der Waals surface area contributed by atoms with Gasteiger partial charge in [-0.05, 0) is 29.8 Å². The first kappa shape index (κ1) is 24.8. The number of ketones is 1. The van der Waals surface area contributed by atoms with Crippen LogP contribution in [0.2, 0.25) is 0 Å². The zero-order valence-corrected chi connectivity index (χ0v) is 16.4. The topological polar surface area (TPSA) is 96.4 Å². The van der Waals surface area contributed by atoms with Crippen molar-refractivity contribution in [2.45, 2.75) is 18.9 Å². The molecule has 0 fully saturated rings. The quantitative estimate of drug-likeness (QED) is 0.422. The number of thiophene rings is 1. The van der Waals surface area contributed by atoms with Crippen LogP contribution >= 0.6 is 11.3 Å². The number of amides is 1. The number of halogens is 6. The number of nitrogens with zero attached hydrogens (tertiary/aromatic N) is 1. The number of nitrogens with one attached hydrogen (secondary N) is 1. The lowest BCUT2D eigenvalue weighted by molar-refractivity contribution is -0.192. The summed E-state index contributed by atoms with van der Waals surface area (Å²) in [5, 5.41) is 10.7. The summed E-state index contributed by atoms with van der Waals surface area (Å²) in [6, 6.07) is 11.6. The number of hydrogen-bond acceptors (Lipinski definition) is 5. The zero-order chi connectivity index (χ0) is 24.1. The number of aliphatic carboxylic acids is 1. The molecule has 0 spiro atoms. The van der Waals surface area contributed by atoms with Crippen LogP contribution in [0.4, 0.5) is 26.3 Å². The molecule has 0 aliphatic rings. The lowest BCUT2D eigenvalue weighted by Crippen LogP contribution is -2.22. The van der Waals surface area contributed by atoms with Crippen LogP contribution in [0.15, 0.2) is 48.7 Å². The molecule has 32 heavy (non-hydrogen) atoms. The van der Waals surface area contributed by atoms with Gasteiger partial charge in [-0.2, -0.15) is 26.3 Å². The summed E-state index contributed by atoms with van der Waals surface area (Å²) < 4.78 is 68.9. The predicted molar refractivity (Wildman–Crippen MR) is 101 cm³/mol. The van der Waals surface area contributed by atoms with Crippen LogP contribution < -0.4 is 5.32 Å². The summed E-state index contributed by atoms with van der Waals surface area (Å²) in [5.74, 6) is -5.25. The molecule has 0 aliphatic carbocycles. The monoisotopic (exact) mass is 478 g/mol. The maximum Gasteiger partial charge on any atom is 0.490 e. The van der Waals surface area contributed by atoms with Crippen molar-refractivity contribution in [1.82, 2.24) is 10.3 Å². The normalized spacial score (nSPS) is 11.4. The lowest BCUT2D eigenvalue weighted by Gasteiger charge is -2.05. The summed E-state index contributed by atoms with van der Waals surface area (Å²) in [6.07, 6.45) is -8.41. The Morgan fingerprint density at radius 3 is 2.12 bits per heavy atom. The van der Waals surface area contributed by atoms with Crippen LogP contribution in [0.5, 0.6) is 0 Å². The number of carboxylic acids is 1. The van der Waals surface area contributed by atoms with E-state index in [1.165, 1.54) is 6.07 Å². The third-order valence-corrected chi connectivity index (χ3v) is 4.74. The minimum atomic E-state index is -5.08. The van der Waals surface area contributed by atoms with Crippen molar-refractivity contribution in [3.63, 3.8) is 0 Å². The van der Waals surface area contributed by atoms with E-state index in [0.717, 1.165) is 22.5 Å². The number of para-hydroxylation sites is 1. The van der Waals surface area contributed by atoms with E-state index >= 15 is 0 Å². The number of rotatable bonds is 4. The number of pyridine rings is 1. The molecule has 0 atom stereocenters. The van der Waals surface area contributed by atoms with Crippen molar-refractivity contribution in [3.8, 4) is 0 Å². The third-order valence-electron chi connectivity index (χ3n) is 3.65. The van der Waals surface area contributed by atoms with Gasteiger partial charge in [0.1, 0.15) is 0 Å². The molecule has 6 nitrogen and oxygen atoms in total. The highest BCUT2D eigenvalue weighted by Gasteiger charge is 2.40. The molecule has 0 bridgehead atoms. The molecule has 0 aliphatic heterocycles. The average Bonchev–Trinajstić information content (AvgIpc) is 3.20. The fourth-order valence-corrected chi connectivity index (χ4v) is 3.09. The molecule has 2 heterocycles. The van der Waals surface area contributed by atoms with Gasteiger partial charge >= 0.3 is 18.3 Å². The minimum Gasteiger partial charge on any atom is -0.475 e. The Morgan fingerprint density at radius 1 is 0.938 bits per heavy atom. The van der Waals surface area contributed by atoms with Crippen LogP contribution in [-0.4, -0.2) is 40.1 Å². The van der Waals surface area contributed by atoms with Gasteiger partial charge in [0.2, 0.25) is 0 Å². The number of hydrogen-bond donors (Lipinski definition) is 2. The number of fused-ring (bicyclic) bond motifs is 1. The van der Waals surface area contributed by atoms with Crippen molar-refractivity contribution < 1.29 is 45.8 Å². The fraction of sp³-hybridized carbons (Fsp3) is 0.158. The number of benzene rings is 1. The molecule has 2 N–H and O–H groups in total. The van der Waals surface area contributed by atoms with Gasteiger partial charge < -0.3 is 10.4 Å². The van der Waals surface area contributed by atoms with Crippen molar-refractivity contribution in [3.05, 3.63) is 64.0 Å². The van der Waals surface area contributed by atoms with E-state index in [4.69, 9.17) is 9.90 Å². The van der Waals surface area contributed by atoms with Gasteiger partial charge in [0.15, 0.2) is 0 Å². The molecule has 1 aromatic carbocycles. The molecule has 3 rings (SSSR count). The molecular formula is C19H12F6N2O4S. The van der Waals surface area contributed by atoms with Crippen LogP contribution in [0.1, 0.15) is 24.9 Å². The van der Waals surface area contributed by atoms with E-state index in [1.807, 2.05) is 30.3 Å². The predicted octanol–water partition coefficient (Wildman–Crippen LogP) is 4.60. The first-order chi connectivity index (χ1) is 14.8. The Labute approximate surface area is 179 Å². The van der Waals surface area contributed by atoms with Gasteiger partial charge in [-0.15, -0.1) is 11.3 Å². The Kier molecular flexibility index (Phi) is 7.56. The average molecular weight is 478 g/mol. The van der Waals surface area contributed by atoms with Gasteiger partial charge in [-0.1, -0.05) is 18.2 Å². The third kappa shape index (κ3) is 6.77. The highest BCUT2D eigenvalue weighted by Crippen LogP contribution is 2.26. The minimum absolute atomic E-state index is 0.0429. The molecule has 1 amide bonds. The summed E-state index contributed by atoms with van der Waals surface area (Å²) >= 11 is 0.516. The Bertz CT molecular complexity index is 1140. The van der Waals surface area contributed by atoms with Crippen molar-refractivity contribution in [1.29, 1.82) is 0 Å². The largest absolute Gasteiger partial charge is 0.490 e. The van der Waals surface area contributed by atoms with E-state index in [0.29, 0.717) is 11.3 Å². The van der Waals surface area contributed by atoms with Crippen molar-refractivity contribution >= 4 is 39.9 Å². The highest BCUT2D eigenvalue weighted by atomic mass is 32.1. The van der Waals surface area contributed by atoms with Crippen molar-refractivity contribution in [2.75, 3.05) is 0 Å².